The smallest absolute Gasteiger partial charge is 0.332 e. The number of carbonyl (C=O) groups is 2. The Labute approximate surface area is 102 Å². The average molecular weight is 255 g/mol. The van der Waals surface area contributed by atoms with E-state index in [9.17, 15) is 9.59 Å². The van der Waals surface area contributed by atoms with Gasteiger partial charge in [0.2, 0.25) is 0 Å². The molecular weight excluding hydrogens is 242 g/mol. The molecule has 0 saturated carbocycles. The summed E-state index contributed by atoms with van der Waals surface area (Å²) in [6.45, 7) is 1.90. The van der Waals surface area contributed by atoms with E-state index in [1.165, 1.54) is 11.3 Å². The second kappa shape index (κ2) is 4.85. The molecule has 1 amide bonds. The Hall–Kier alpha value is -1.40. The van der Waals surface area contributed by atoms with Gasteiger partial charge >= 0.3 is 5.97 Å². The Morgan fingerprint density at radius 3 is 2.65 bits per heavy atom. The van der Waals surface area contributed by atoms with Gasteiger partial charge in [-0.05, 0) is 30.7 Å². The largest absolute Gasteiger partial charge is 0.479 e. The summed E-state index contributed by atoms with van der Waals surface area (Å²) in [5.74, 6) is -1.28. The van der Waals surface area contributed by atoms with Crippen LogP contribution in [-0.4, -0.2) is 29.2 Å². The van der Waals surface area contributed by atoms with Gasteiger partial charge in [0.05, 0.1) is 5.69 Å². The van der Waals surface area contributed by atoms with E-state index in [-0.39, 0.29) is 5.91 Å². The fourth-order valence-corrected chi connectivity index (χ4v) is 2.49. The highest BCUT2D eigenvalue weighted by Gasteiger charge is 2.34. The first kappa shape index (κ1) is 12.1. The lowest BCUT2D eigenvalue weighted by Crippen LogP contribution is -2.29. The number of thiophene rings is 1. The van der Waals surface area contributed by atoms with Crippen LogP contribution in [0.5, 0.6) is 0 Å². The van der Waals surface area contributed by atoms with Crippen molar-refractivity contribution >= 4 is 28.9 Å². The molecule has 92 valence electrons. The molecule has 5 nitrogen and oxygen atoms in total. The number of nitrogens with one attached hydrogen (secondary N) is 1. The van der Waals surface area contributed by atoms with Crippen LogP contribution < -0.4 is 5.32 Å². The van der Waals surface area contributed by atoms with Gasteiger partial charge in [0.1, 0.15) is 6.10 Å². The minimum Gasteiger partial charge on any atom is -0.479 e. The summed E-state index contributed by atoms with van der Waals surface area (Å²) < 4.78 is 5.17. The van der Waals surface area contributed by atoms with Crippen molar-refractivity contribution in [3.8, 4) is 0 Å². The molecule has 0 spiro atoms. The maximum atomic E-state index is 11.8. The molecule has 2 atom stereocenters. The van der Waals surface area contributed by atoms with E-state index in [1.807, 2.05) is 17.7 Å². The molecule has 0 bridgehead atoms. The van der Waals surface area contributed by atoms with Crippen LogP contribution in [0.1, 0.15) is 18.4 Å². The van der Waals surface area contributed by atoms with Crippen molar-refractivity contribution in [3.05, 3.63) is 16.3 Å². The van der Waals surface area contributed by atoms with Crippen LogP contribution in [0, 0.1) is 6.92 Å². The first-order valence-electron chi connectivity index (χ1n) is 5.30. The van der Waals surface area contributed by atoms with Gasteiger partial charge in [-0.2, -0.15) is 0 Å². The molecule has 2 heterocycles. The van der Waals surface area contributed by atoms with Gasteiger partial charge in [-0.15, -0.1) is 11.3 Å². The molecule has 1 aliphatic rings. The van der Waals surface area contributed by atoms with E-state index in [4.69, 9.17) is 9.84 Å². The standard InChI is InChI=1S/C11H13NO4S/c1-6-4-17-5-7(6)12-10(13)8-2-3-9(16-8)11(14)15/h4-5,8-9H,2-3H2,1H3,(H,12,13)(H,14,15)/t8-,9+/m0/s1. The van der Waals surface area contributed by atoms with E-state index < -0.39 is 18.2 Å². The van der Waals surface area contributed by atoms with Gasteiger partial charge in [0.15, 0.2) is 6.10 Å². The summed E-state index contributed by atoms with van der Waals surface area (Å²) in [7, 11) is 0. The number of rotatable bonds is 3. The third-order valence-electron chi connectivity index (χ3n) is 2.70. The molecule has 0 aromatic carbocycles. The Balaban J connectivity index is 1.94. The molecule has 17 heavy (non-hydrogen) atoms. The maximum absolute atomic E-state index is 11.8. The van der Waals surface area contributed by atoms with Gasteiger partial charge in [0.25, 0.3) is 5.91 Å². The van der Waals surface area contributed by atoms with Gasteiger partial charge in [0, 0.05) is 5.38 Å². The van der Waals surface area contributed by atoms with Gasteiger partial charge < -0.3 is 15.2 Å². The molecule has 0 unspecified atom stereocenters. The van der Waals surface area contributed by atoms with Crippen molar-refractivity contribution in [2.75, 3.05) is 5.32 Å². The number of aliphatic carboxylic acids is 1. The van der Waals surface area contributed by atoms with Crippen LogP contribution in [0.15, 0.2) is 10.8 Å². The van der Waals surface area contributed by atoms with Crippen LogP contribution in [0.25, 0.3) is 0 Å². The summed E-state index contributed by atoms with van der Waals surface area (Å²) in [6, 6.07) is 0. The van der Waals surface area contributed by atoms with E-state index >= 15 is 0 Å². The molecule has 1 aliphatic heterocycles. The molecule has 1 saturated heterocycles. The minimum absolute atomic E-state index is 0.268. The van der Waals surface area contributed by atoms with E-state index in [0.29, 0.717) is 12.8 Å². The lowest BCUT2D eigenvalue weighted by Gasteiger charge is -2.11. The molecule has 0 radical (unpaired) electrons. The SMILES string of the molecule is Cc1cscc1NC(=O)[C@@H]1CC[C@H](C(=O)O)O1. The zero-order valence-corrected chi connectivity index (χ0v) is 10.1. The summed E-state index contributed by atoms with van der Waals surface area (Å²) in [5, 5.41) is 15.3. The second-order valence-electron chi connectivity index (χ2n) is 3.99. The highest BCUT2D eigenvalue weighted by Crippen LogP contribution is 2.24. The number of hydrogen-bond acceptors (Lipinski definition) is 4. The Kier molecular flexibility index (Phi) is 3.44. The van der Waals surface area contributed by atoms with Crippen LogP contribution in [-0.2, 0) is 14.3 Å². The molecule has 6 heteroatoms. The van der Waals surface area contributed by atoms with Crippen LogP contribution in [0.2, 0.25) is 0 Å². The summed E-state index contributed by atoms with van der Waals surface area (Å²) in [5.41, 5.74) is 1.76. The van der Waals surface area contributed by atoms with Crippen molar-refractivity contribution in [2.24, 2.45) is 0 Å². The van der Waals surface area contributed by atoms with Crippen molar-refractivity contribution < 1.29 is 19.4 Å². The first-order chi connectivity index (χ1) is 8.08. The lowest BCUT2D eigenvalue weighted by molar-refractivity contribution is -0.150. The first-order valence-corrected chi connectivity index (χ1v) is 6.24. The molecule has 2 rings (SSSR count). The predicted molar refractivity (Wildman–Crippen MR) is 63.2 cm³/mol. The zero-order chi connectivity index (χ0) is 12.4. The zero-order valence-electron chi connectivity index (χ0n) is 9.30. The molecule has 1 fully saturated rings. The Bertz CT molecular complexity index is 442. The molecule has 1 aromatic rings. The fraction of sp³-hybridized carbons (Fsp3) is 0.455. The summed E-state index contributed by atoms with van der Waals surface area (Å²) in [6.07, 6.45) is -0.674. The van der Waals surface area contributed by atoms with E-state index in [1.54, 1.807) is 0 Å². The van der Waals surface area contributed by atoms with Crippen LogP contribution in [0.3, 0.4) is 0 Å². The third kappa shape index (κ3) is 2.65. The van der Waals surface area contributed by atoms with Gasteiger partial charge in [-0.3, -0.25) is 4.79 Å². The third-order valence-corrected chi connectivity index (χ3v) is 3.56. The number of aryl methyl sites for hydroxylation is 1. The maximum Gasteiger partial charge on any atom is 0.332 e. The highest BCUT2D eigenvalue weighted by molar-refractivity contribution is 7.08. The summed E-state index contributed by atoms with van der Waals surface area (Å²) in [4.78, 5) is 22.5. The normalized spacial score (nSPS) is 23.6. The quantitative estimate of drug-likeness (QED) is 0.860. The van der Waals surface area contributed by atoms with E-state index in [0.717, 1.165) is 11.3 Å². The minimum atomic E-state index is -1.01. The lowest BCUT2D eigenvalue weighted by atomic mass is 10.2. The molecule has 0 aliphatic carbocycles. The second-order valence-corrected chi connectivity index (χ2v) is 4.73. The number of carboxylic acids is 1. The van der Waals surface area contributed by atoms with E-state index in [2.05, 4.69) is 5.32 Å². The van der Waals surface area contributed by atoms with Gasteiger partial charge in [-0.25, -0.2) is 4.79 Å². The number of anilines is 1. The van der Waals surface area contributed by atoms with Crippen LogP contribution >= 0.6 is 11.3 Å². The topological polar surface area (TPSA) is 75.6 Å². The van der Waals surface area contributed by atoms with Crippen molar-refractivity contribution in [1.82, 2.24) is 0 Å². The summed E-state index contributed by atoms with van der Waals surface area (Å²) >= 11 is 1.51. The van der Waals surface area contributed by atoms with Crippen molar-refractivity contribution in [3.63, 3.8) is 0 Å². The number of ether oxygens (including phenoxy) is 1. The van der Waals surface area contributed by atoms with Gasteiger partial charge in [-0.1, -0.05) is 0 Å². The van der Waals surface area contributed by atoms with Crippen molar-refractivity contribution in [2.45, 2.75) is 32.0 Å². The average Bonchev–Trinajstić information content (AvgIpc) is 2.88. The monoisotopic (exact) mass is 255 g/mol. The highest BCUT2D eigenvalue weighted by atomic mass is 32.1. The number of carbonyl (C=O) groups excluding carboxylic acids is 1. The number of hydrogen-bond donors (Lipinski definition) is 2. The van der Waals surface area contributed by atoms with Crippen LogP contribution in [0.4, 0.5) is 5.69 Å². The number of carboxylic acid groups (broad SMARTS) is 1. The van der Waals surface area contributed by atoms with Crippen molar-refractivity contribution in [1.29, 1.82) is 0 Å². The number of amides is 1. The predicted octanol–water partition coefficient (Wildman–Crippen LogP) is 1.63. The Morgan fingerprint density at radius 2 is 2.12 bits per heavy atom. The Morgan fingerprint density at radius 1 is 1.41 bits per heavy atom. The molecular formula is C11H13NO4S. The molecule has 1 aromatic heterocycles. The fourth-order valence-electron chi connectivity index (χ4n) is 1.71. The molecule has 2 N–H and O–H groups in total.